The molecule has 0 unspecified atom stereocenters. The van der Waals surface area contributed by atoms with E-state index in [9.17, 15) is 15.3 Å². The topological polar surface area (TPSA) is 81.6 Å². The smallest absolute Gasteiger partial charge is 0.262 e. The normalized spacial score (nSPS) is 11.0. The molecule has 5 heteroatoms. The predicted molar refractivity (Wildman–Crippen MR) is 124 cm³/mol. The van der Waals surface area contributed by atoms with Crippen LogP contribution >= 0.6 is 0 Å². The second kappa shape index (κ2) is 9.47. The van der Waals surface area contributed by atoms with Crippen molar-refractivity contribution in [1.82, 2.24) is 9.88 Å². The number of fused-ring (bicyclic) bond motifs is 1. The molecule has 0 aliphatic heterocycles. The van der Waals surface area contributed by atoms with E-state index in [1.54, 1.807) is 12.1 Å². The lowest BCUT2D eigenvalue weighted by Crippen LogP contribution is -2.23. The number of nitrogens with one attached hydrogen (secondary N) is 1. The molecule has 1 amide bonds. The molecular formula is C27H20N4O. The van der Waals surface area contributed by atoms with Crippen molar-refractivity contribution in [3.05, 3.63) is 113 Å². The predicted octanol–water partition coefficient (Wildman–Crippen LogP) is 4.78. The summed E-state index contributed by atoms with van der Waals surface area (Å²) in [6, 6.07) is 29.1. The van der Waals surface area contributed by atoms with Crippen molar-refractivity contribution in [2.75, 3.05) is 0 Å². The highest BCUT2D eigenvalue weighted by Crippen LogP contribution is 2.25. The lowest BCUT2D eigenvalue weighted by atomic mass is 10.1. The van der Waals surface area contributed by atoms with Gasteiger partial charge in [0.05, 0.1) is 11.6 Å². The zero-order chi connectivity index (χ0) is 22.3. The molecule has 32 heavy (non-hydrogen) atoms. The summed E-state index contributed by atoms with van der Waals surface area (Å²) in [5, 5.41) is 22.8. The third-order valence-corrected chi connectivity index (χ3v) is 5.26. The Morgan fingerprint density at radius 3 is 2.44 bits per heavy atom. The fourth-order valence-corrected chi connectivity index (χ4v) is 3.65. The van der Waals surface area contributed by atoms with Gasteiger partial charge in [-0.25, -0.2) is 0 Å². The van der Waals surface area contributed by atoms with Crippen LogP contribution in [0.5, 0.6) is 0 Å². The second-order valence-corrected chi connectivity index (χ2v) is 7.34. The number of amides is 1. The van der Waals surface area contributed by atoms with E-state index in [0.29, 0.717) is 18.7 Å². The van der Waals surface area contributed by atoms with Crippen molar-refractivity contribution in [3.8, 4) is 12.1 Å². The van der Waals surface area contributed by atoms with Gasteiger partial charge in [-0.15, -0.1) is 0 Å². The van der Waals surface area contributed by atoms with Crippen molar-refractivity contribution in [2.24, 2.45) is 0 Å². The van der Waals surface area contributed by atoms with Gasteiger partial charge in [0.15, 0.2) is 0 Å². The molecule has 0 saturated carbocycles. The molecule has 3 aromatic carbocycles. The molecule has 0 aliphatic carbocycles. The van der Waals surface area contributed by atoms with Crippen LogP contribution < -0.4 is 5.32 Å². The van der Waals surface area contributed by atoms with Gasteiger partial charge in [0.2, 0.25) is 0 Å². The number of para-hydroxylation sites is 1. The van der Waals surface area contributed by atoms with Crippen LogP contribution in [0.2, 0.25) is 0 Å². The molecule has 0 fully saturated rings. The highest BCUT2D eigenvalue weighted by atomic mass is 16.1. The summed E-state index contributed by atoms with van der Waals surface area (Å²) in [4.78, 5) is 12.6. The molecule has 0 radical (unpaired) electrons. The molecule has 1 N–H and O–H groups in total. The van der Waals surface area contributed by atoms with E-state index in [-0.39, 0.29) is 5.57 Å². The summed E-state index contributed by atoms with van der Waals surface area (Å²) < 4.78 is 2.04. The molecular weight excluding hydrogens is 396 g/mol. The zero-order valence-corrected chi connectivity index (χ0v) is 17.3. The molecule has 0 aliphatic rings. The Balaban J connectivity index is 1.65. The Bertz CT molecular complexity index is 1380. The summed E-state index contributed by atoms with van der Waals surface area (Å²) in [5.74, 6) is -0.414. The van der Waals surface area contributed by atoms with Crippen LogP contribution in [0.4, 0.5) is 0 Å². The van der Waals surface area contributed by atoms with Gasteiger partial charge in [0.25, 0.3) is 5.91 Å². The maximum atomic E-state index is 12.6. The van der Waals surface area contributed by atoms with Crippen molar-refractivity contribution in [1.29, 1.82) is 10.5 Å². The number of carbonyl (C=O) groups excluding carboxylic acids is 1. The second-order valence-electron chi connectivity index (χ2n) is 7.34. The van der Waals surface area contributed by atoms with Gasteiger partial charge >= 0.3 is 0 Å². The number of hydrogen-bond acceptors (Lipinski definition) is 3. The third kappa shape index (κ3) is 4.43. The van der Waals surface area contributed by atoms with Crippen molar-refractivity contribution in [2.45, 2.75) is 13.1 Å². The average Bonchev–Trinajstić information content (AvgIpc) is 3.19. The van der Waals surface area contributed by atoms with Crippen molar-refractivity contribution in [3.63, 3.8) is 0 Å². The fraction of sp³-hybridized carbons (Fsp3) is 0.0741. The van der Waals surface area contributed by atoms with E-state index < -0.39 is 5.91 Å². The van der Waals surface area contributed by atoms with Crippen molar-refractivity contribution < 1.29 is 4.79 Å². The molecule has 0 atom stereocenters. The van der Waals surface area contributed by atoms with Crippen LogP contribution in [0.3, 0.4) is 0 Å². The number of carbonyl (C=O) groups is 1. The summed E-state index contributed by atoms with van der Waals surface area (Å²) >= 11 is 0. The lowest BCUT2D eigenvalue weighted by molar-refractivity contribution is -0.117. The van der Waals surface area contributed by atoms with Crippen LogP contribution in [0.1, 0.15) is 22.3 Å². The molecule has 5 nitrogen and oxygen atoms in total. The third-order valence-electron chi connectivity index (χ3n) is 5.26. The molecule has 1 aromatic heterocycles. The first kappa shape index (κ1) is 20.7. The van der Waals surface area contributed by atoms with E-state index in [1.165, 1.54) is 0 Å². The molecule has 0 saturated heterocycles. The van der Waals surface area contributed by atoms with Crippen LogP contribution in [0.15, 0.2) is 90.6 Å². The maximum absolute atomic E-state index is 12.6. The largest absolute Gasteiger partial charge is 0.347 e. The Hall–Kier alpha value is -4.61. The summed E-state index contributed by atoms with van der Waals surface area (Å²) in [7, 11) is 0. The van der Waals surface area contributed by atoms with Gasteiger partial charge in [-0.3, -0.25) is 4.79 Å². The minimum atomic E-state index is -0.414. The van der Waals surface area contributed by atoms with Gasteiger partial charge in [-0.1, -0.05) is 66.7 Å². The van der Waals surface area contributed by atoms with Crippen LogP contribution in [0, 0.1) is 22.7 Å². The minimum absolute atomic E-state index is 0.0428. The monoisotopic (exact) mass is 416 g/mol. The molecule has 0 spiro atoms. The van der Waals surface area contributed by atoms with Crippen molar-refractivity contribution >= 4 is 22.9 Å². The van der Waals surface area contributed by atoms with Gasteiger partial charge in [0, 0.05) is 35.8 Å². The molecule has 4 rings (SSSR count). The first-order valence-electron chi connectivity index (χ1n) is 10.2. The molecule has 0 bridgehead atoms. The van der Waals surface area contributed by atoms with E-state index in [1.807, 2.05) is 89.6 Å². The van der Waals surface area contributed by atoms with Crippen LogP contribution in [-0.2, 0) is 17.9 Å². The van der Waals surface area contributed by atoms with Crippen LogP contribution in [-0.4, -0.2) is 10.5 Å². The highest BCUT2D eigenvalue weighted by Gasteiger charge is 2.13. The number of aromatic nitrogens is 1. The number of benzene rings is 3. The standard InChI is InChI=1S/C27H20N4O/c28-15-21-10-4-5-11-22(21)18-31-19-24(25-12-6-7-13-26(25)31)14-23(16-29)27(32)30-17-20-8-2-1-3-9-20/h1-14,19H,17-18H2,(H,30,32)/b23-14-. The maximum Gasteiger partial charge on any atom is 0.262 e. The number of hydrogen-bond donors (Lipinski definition) is 1. The Morgan fingerprint density at radius 2 is 1.66 bits per heavy atom. The van der Waals surface area contributed by atoms with Gasteiger partial charge in [-0.05, 0) is 29.3 Å². The summed E-state index contributed by atoms with van der Waals surface area (Å²) in [6.45, 7) is 0.867. The Labute approximate surface area is 186 Å². The summed E-state index contributed by atoms with van der Waals surface area (Å²) in [6.07, 6.45) is 3.54. The summed E-state index contributed by atoms with van der Waals surface area (Å²) in [5.41, 5.74) is 4.29. The lowest BCUT2D eigenvalue weighted by Gasteiger charge is -2.07. The molecule has 154 valence electrons. The van der Waals surface area contributed by atoms with Gasteiger partial charge in [0.1, 0.15) is 11.6 Å². The van der Waals surface area contributed by atoms with Crippen LogP contribution in [0.25, 0.3) is 17.0 Å². The van der Waals surface area contributed by atoms with E-state index >= 15 is 0 Å². The number of rotatable bonds is 6. The highest BCUT2D eigenvalue weighted by molar-refractivity contribution is 6.04. The van der Waals surface area contributed by atoms with E-state index in [0.717, 1.165) is 27.6 Å². The van der Waals surface area contributed by atoms with E-state index in [4.69, 9.17) is 0 Å². The Kier molecular flexibility index (Phi) is 6.11. The molecule has 1 heterocycles. The first-order chi connectivity index (χ1) is 15.7. The van der Waals surface area contributed by atoms with E-state index in [2.05, 4.69) is 11.4 Å². The zero-order valence-electron chi connectivity index (χ0n) is 17.3. The SMILES string of the molecule is N#C/C(=C/c1cn(Cc2ccccc2C#N)c2ccccc12)C(=O)NCc1ccccc1. The number of nitriles is 2. The number of nitrogens with zero attached hydrogens (tertiary/aromatic N) is 3. The first-order valence-corrected chi connectivity index (χ1v) is 10.2. The minimum Gasteiger partial charge on any atom is -0.347 e. The quantitative estimate of drug-likeness (QED) is 0.363. The van der Waals surface area contributed by atoms with Gasteiger partial charge in [-0.2, -0.15) is 10.5 Å². The van der Waals surface area contributed by atoms with Gasteiger partial charge < -0.3 is 9.88 Å². The molecule has 4 aromatic rings. The average molecular weight is 416 g/mol. The fourth-order valence-electron chi connectivity index (χ4n) is 3.65. The Morgan fingerprint density at radius 1 is 0.938 bits per heavy atom.